The molecule has 4 aliphatic heterocycles. The van der Waals surface area contributed by atoms with E-state index in [0.29, 0.717) is 31.7 Å². The minimum atomic E-state index is -3.88. The number of allylic oxidation sites excluding steroid dienone is 4. The van der Waals surface area contributed by atoms with Crippen LogP contribution in [0.25, 0.3) is 82.7 Å². The first-order valence-electron chi connectivity index (χ1n) is 41.0. The van der Waals surface area contributed by atoms with E-state index in [1.54, 1.807) is 122 Å². The van der Waals surface area contributed by atoms with Gasteiger partial charge in [0.25, 0.3) is 45.8 Å². The molecule has 0 atom stereocenters. The third-order valence-electron chi connectivity index (χ3n) is 23.9. The third-order valence-corrected chi connectivity index (χ3v) is 30.7. The molecule has 0 saturated carbocycles. The van der Waals surface area contributed by atoms with Crippen molar-refractivity contribution in [2.24, 2.45) is 0 Å². The molecular formula is C98H97N11O10S4. The van der Waals surface area contributed by atoms with E-state index >= 15 is 0 Å². The number of aromatic nitrogens is 6. The molecule has 0 radical (unpaired) electrons. The van der Waals surface area contributed by atoms with Gasteiger partial charge in [0.2, 0.25) is 0 Å². The van der Waals surface area contributed by atoms with Gasteiger partial charge >= 0.3 is 0 Å². The number of pyridine rings is 1. The maximum atomic E-state index is 13.7. The second-order valence-electron chi connectivity index (χ2n) is 32.2. The normalized spacial score (nSPS) is 16.0. The average molecular weight is 1720 g/mol. The number of rotatable bonds is 16. The van der Waals surface area contributed by atoms with E-state index in [0.717, 1.165) is 161 Å². The minimum absolute atomic E-state index is 0.140. The molecular weight excluding hydrogens is 1620 g/mol. The highest BCUT2D eigenvalue weighted by molar-refractivity contribution is 7.91. The standard InChI is InChI=1S/C27H28N2O2S.C26H27N3O2S.C25H23N3O2S.C20H19N3O4S/c1-19-9-10-20(2)27(19)22-11-12-24-25(21-13-15-28(3)16-14-21)18-29(26(24)17-22)32(30,31)23-7-5-4-6-8-23;1-19-9-10-20(2)29(19)22-11-12-26-24(17-22)25(21-13-15-27(3)16-14-21)18-28(26)32(30,31)23-7-5-4-6-8-23;1-27-15-11-20(12-16-27)24-18-28(31(29,30)22-5-3-2-4-6-22)25-8-7-21(17-23(24)25)19-9-13-26-14-10-19;1-21-11-9-15(10-12-21)19-14-22(28(26,27)17-5-3-2-4-6-17)20-13-16(23(24)25)7-8-18(19)20/h4-13,17-18,27H,14-16H2,1-3H3;4-13,17-18H,14-16H2,1-3H3;2-11,13-14,17-18H,12,15-16H2,1H3;2-9,13-14H,10-12H2,1H3. The Bertz CT molecular complexity index is 7070. The van der Waals surface area contributed by atoms with Crippen LogP contribution >= 0.6 is 0 Å². The van der Waals surface area contributed by atoms with Crippen LogP contribution in [0.4, 0.5) is 5.69 Å². The Morgan fingerprint density at radius 1 is 0.358 bits per heavy atom. The quantitative estimate of drug-likeness (QED) is 0.0647. The smallest absolute Gasteiger partial charge is 0.271 e. The zero-order valence-electron chi connectivity index (χ0n) is 69.9. The molecule has 14 aromatic rings. The first-order valence-corrected chi connectivity index (χ1v) is 46.8. The van der Waals surface area contributed by atoms with Gasteiger partial charge in [0, 0.05) is 168 Å². The topological polar surface area (TPSA) is 230 Å². The van der Waals surface area contributed by atoms with Crippen molar-refractivity contribution < 1.29 is 38.6 Å². The number of nitro benzene ring substituents is 1. The molecule has 123 heavy (non-hydrogen) atoms. The SMILES string of the molecule is CC1=CC=C(C)C1c1ccc2c(C3=CCN(C)CC3)cn(S(=O)(=O)c3ccccc3)c2c1.CN1CC=C(c2cn(S(=O)(=O)c3ccccc3)c3cc([N+](=O)[O-])ccc23)CC1.CN1CC=C(c2cn(S(=O)(=O)c3ccccc3)c3ccc(-c4ccncc4)cc23)CC1.Cc1ccc(C)n1-c1ccc2c(c1)c(C1=CCN(C)CC1)cn2S(=O)(=O)c1ccccc1. The van der Waals surface area contributed by atoms with Gasteiger partial charge in [0.1, 0.15) is 0 Å². The van der Waals surface area contributed by atoms with Gasteiger partial charge in [0.05, 0.1) is 46.6 Å². The maximum Gasteiger partial charge on any atom is 0.271 e. The highest BCUT2D eigenvalue weighted by Crippen LogP contribution is 2.43. The number of nitrogens with zero attached hydrogens (tertiary/aromatic N) is 11. The first-order chi connectivity index (χ1) is 59.1. The first kappa shape index (κ1) is 84.4. The third kappa shape index (κ3) is 17.0. The Morgan fingerprint density at radius 3 is 1.08 bits per heavy atom. The molecule has 25 heteroatoms. The Kier molecular flexibility index (Phi) is 24.0. The summed E-state index contributed by atoms with van der Waals surface area (Å²) in [5.41, 5.74) is 19.9. The summed E-state index contributed by atoms with van der Waals surface area (Å²) in [5.74, 6) is 0.202. The van der Waals surface area contributed by atoms with Gasteiger partial charge in [-0.1, -0.05) is 139 Å². The van der Waals surface area contributed by atoms with Crippen molar-refractivity contribution in [3.05, 3.63) is 352 Å². The van der Waals surface area contributed by atoms with E-state index in [1.165, 1.54) is 68.0 Å². The second-order valence-corrected chi connectivity index (χ2v) is 39.5. The van der Waals surface area contributed by atoms with Crippen LogP contribution in [0, 0.1) is 24.0 Å². The van der Waals surface area contributed by atoms with Gasteiger partial charge < -0.3 is 24.2 Å². The van der Waals surface area contributed by atoms with Gasteiger partial charge in [0.15, 0.2) is 0 Å². The number of aryl methyl sites for hydroxylation is 2. The number of fused-ring (bicyclic) bond motifs is 4. The molecule has 0 bridgehead atoms. The molecule has 10 heterocycles. The summed E-state index contributed by atoms with van der Waals surface area (Å²) in [6, 6.07) is 64.9. The Hall–Kier alpha value is -12.2. The molecule has 8 aromatic carbocycles. The summed E-state index contributed by atoms with van der Waals surface area (Å²) < 4.78 is 116. The fraction of sp³-hybridized carbons (Fsp3) is 0.214. The van der Waals surface area contributed by atoms with Crippen molar-refractivity contribution in [2.75, 3.05) is 80.5 Å². The predicted molar refractivity (Wildman–Crippen MR) is 493 cm³/mol. The fourth-order valence-corrected chi connectivity index (χ4v) is 22.6. The highest BCUT2D eigenvalue weighted by Gasteiger charge is 2.31. The number of hydrogen-bond donors (Lipinski definition) is 0. The highest BCUT2D eigenvalue weighted by atomic mass is 32.2. The molecule has 0 unspecified atom stereocenters. The molecule has 0 saturated heterocycles. The molecule has 5 aliphatic rings. The number of nitro groups is 1. The monoisotopic (exact) mass is 1720 g/mol. The molecule has 6 aromatic heterocycles. The molecule has 0 amide bonds. The Labute approximate surface area is 719 Å². The van der Waals surface area contributed by atoms with Gasteiger partial charge in [-0.3, -0.25) is 15.1 Å². The minimum Gasteiger partial charge on any atom is -0.318 e. The number of non-ortho nitro benzene ring substituents is 1. The fourth-order valence-electron chi connectivity index (χ4n) is 17.1. The van der Waals surface area contributed by atoms with Crippen molar-refractivity contribution in [1.82, 2.24) is 45.0 Å². The Morgan fingerprint density at radius 2 is 0.707 bits per heavy atom. The van der Waals surface area contributed by atoms with Crippen molar-refractivity contribution in [3.63, 3.8) is 0 Å². The summed E-state index contributed by atoms with van der Waals surface area (Å²) >= 11 is 0. The largest absolute Gasteiger partial charge is 0.318 e. The van der Waals surface area contributed by atoms with Crippen molar-refractivity contribution in [2.45, 2.75) is 78.9 Å². The van der Waals surface area contributed by atoms with Crippen molar-refractivity contribution in [3.8, 4) is 16.8 Å². The van der Waals surface area contributed by atoms with Crippen LogP contribution < -0.4 is 0 Å². The lowest BCUT2D eigenvalue weighted by atomic mass is 9.89. The van der Waals surface area contributed by atoms with Gasteiger partial charge in [-0.25, -0.2) is 49.6 Å². The zero-order valence-corrected chi connectivity index (χ0v) is 73.2. The van der Waals surface area contributed by atoms with Crippen molar-refractivity contribution >= 4 is 112 Å². The number of benzene rings is 8. The van der Waals surface area contributed by atoms with Crippen LogP contribution in [0.5, 0.6) is 0 Å². The van der Waals surface area contributed by atoms with Crippen LogP contribution in [0.3, 0.4) is 0 Å². The van der Waals surface area contributed by atoms with E-state index < -0.39 is 45.0 Å². The van der Waals surface area contributed by atoms with Gasteiger partial charge in [-0.15, -0.1) is 0 Å². The van der Waals surface area contributed by atoms with Crippen LogP contribution in [0.1, 0.15) is 84.7 Å². The lowest BCUT2D eigenvalue weighted by Gasteiger charge is -2.21. The van der Waals surface area contributed by atoms with E-state index in [-0.39, 0.29) is 21.4 Å². The lowest BCUT2D eigenvalue weighted by molar-refractivity contribution is -0.384. The summed E-state index contributed by atoms with van der Waals surface area (Å²) in [5, 5.41) is 14.8. The molecule has 0 N–H and O–H groups in total. The van der Waals surface area contributed by atoms with Gasteiger partial charge in [-0.2, -0.15) is 0 Å². The molecule has 21 nitrogen and oxygen atoms in total. The van der Waals surface area contributed by atoms with E-state index in [2.05, 4.69) is 157 Å². The Balaban J connectivity index is 0.000000122. The van der Waals surface area contributed by atoms with Gasteiger partial charge in [-0.05, 0) is 236 Å². The summed E-state index contributed by atoms with van der Waals surface area (Å²) in [4.78, 5) is 24.8. The van der Waals surface area contributed by atoms with E-state index in [4.69, 9.17) is 0 Å². The summed E-state index contributed by atoms with van der Waals surface area (Å²) in [6.45, 7) is 15.6. The predicted octanol–water partition coefficient (Wildman–Crippen LogP) is 18.8. The second kappa shape index (κ2) is 35.0. The summed E-state index contributed by atoms with van der Waals surface area (Å²) in [7, 11) is -6.67. The van der Waals surface area contributed by atoms with Crippen LogP contribution in [0.15, 0.2) is 323 Å². The molecule has 1 aliphatic carbocycles. The maximum absolute atomic E-state index is 13.7. The number of likely N-dealkylation sites (N-methyl/N-ethyl adjacent to an activating group) is 4. The molecule has 0 fully saturated rings. The molecule has 628 valence electrons. The van der Waals surface area contributed by atoms with Crippen LogP contribution in [-0.4, -0.2) is 164 Å². The number of hydrogen-bond acceptors (Lipinski definition) is 15. The zero-order chi connectivity index (χ0) is 86.2. The summed E-state index contributed by atoms with van der Waals surface area (Å²) in [6.07, 6.45) is 27.1. The van der Waals surface area contributed by atoms with E-state index in [9.17, 15) is 43.8 Å². The van der Waals surface area contributed by atoms with Crippen molar-refractivity contribution in [1.29, 1.82) is 0 Å². The van der Waals surface area contributed by atoms with E-state index in [1.807, 2.05) is 74.0 Å². The van der Waals surface area contributed by atoms with Crippen LogP contribution in [-0.2, 0) is 40.1 Å². The lowest BCUT2D eigenvalue weighted by Crippen LogP contribution is -2.23. The molecule has 19 rings (SSSR count). The van der Waals surface area contributed by atoms with Crippen LogP contribution in [0.2, 0.25) is 0 Å². The average Bonchev–Trinajstić information content (AvgIpc) is 1.59. The molecule has 0 spiro atoms.